The highest BCUT2D eigenvalue weighted by molar-refractivity contribution is 8.00. The molecule has 0 aromatic heterocycles. The third kappa shape index (κ3) is 5.10. The van der Waals surface area contributed by atoms with Crippen molar-refractivity contribution in [3.8, 4) is 0 Å². The number of carboxylic acids is 2. The number of amides is 1. The maximum absolute atomic E-state index is 11.4. The minimum atomic E-state index is -2.42. The Bertz CT molecular complexity index is 611. The molecule has 0 spiro atoms. The van der Waals surface area contributed by atoms with Crippen LogP contribution in [-0.4, -0.2) is 45.1 Å². The Morgan fingerprint density at radius 3 is 1.96 bits per heavy atom. The van der Waals surface area contributed by atoms with Gasteiger partial charge >= 0.3 is 11.9 Å². The first-order valence-electron chi connectivity index (χ1n) is 6.64. The molecule has 0 atom stereocenters. The van der Waals surface area contributed by atoms with E-state index < -0.39 is 29.8 Å². The van der Waals surface area contributed by atoms with E-state index in [1.165, 1.54) is 18.7 Å². The molecule has 124 valence electrons. The second-order valence-corrected chi connectivity index (χ2v) is 6.06. The number of Topliss-reactive ketones (excluding diaryl/α,β-unsaturated/α-hetero) is 1. The number of aliphatic carboxylic acids is 2. The average Bonchev–Trinajstić information content (AvgIpc) is 2.44. The van der Waals surface area contributed by atoms with E-state index in [2.05, 4.69) is 0 Å². The molecule has 8 heteroatoms. The van der Waals surface area contributed by atoms with Gasteiger partial charge in [-0.2, -0.15) is 0 Å². The maximum atomic E-state index is 11.4. The molecule has 1 aromatic rings. The second kappa shape index (κ2) is 7.77. The molecule has 0 heterocycles. The molecule has 3 N–H and O–H groups in total. The SMILES string of the molecule is CC(=O)CSc1ccc(CC(NC(C)=O)(C(=O)O)C(=O)O)cc1. The number of thioether (sulfide) groups is 1. The Labute approximate surface area is 137 Å². The highest BCUT2D eigenvalue weighted by atomic mass is 32.2. The third-order valence-electron chi connectivity index (χ3n) is 2.95. The van der Waals surface area contributed by atoms with Crippen LogP contribution in [0.15, 0.2) is 29.2 Å². The fraction of sp³-hybridized carbons (Fsp3) is 0.333. The quantitative estimate of drug-likeness (QED) is 0.476. The summed E-state index contributed by atoms with van der Waals surface area (Å²) in [7, 11) is 0. The van der Waals surface area contributed by atoms with E-state index in [0.717, 1.165) is 11.8 Å². The van der Waals surface area contributed by atoms with Gasteiger partial charge in [0.15, 0.2) is 0 Å². The van der Waals surface area contributed by atoms with Crippen molar-refractivity contribution in [1.29, 1.82) is 0 Å². The van der Waals surface area contributed by atoms with Gasteiger partial charge < -0.3 is 15.5 Å². The summed E-state index contributed by atoms with van der Waals surface area (Å²) in [5.74, 6) is -3.69. The van der Waals surface area contributed by atoms with E-state index in [-0.39, 0.29) is 5.78 Å². The van der Waals surface area contributed by atoms with Gasteiger partial charge in [0.1, 0.15) is 5.78 Å². The van der Waals surface area contributed by atoms with Gasteiger partial charge in [-0.05, 0) is 24.6 Å². The van der Waals surface area contributed by atoms with Crippen LogP contribution in [0.5, 0.6) is 0 Å². The Morgan fingerprint density at radius 2 is 1.57 bits per heavy atom. The number of carboxylic acid groups (broad SMARTS) is 2. The van der Waals surface area contributed by atoms with Gasteiger partial charge in [-0.15, -0.1) is 11.8 Å². The summed E-state index contributed by atoms with van der Waals surface area (Å²) in [4.78, 5) is 45.7. The molecular formula is C15H17NO6S. The number of rotatable bonds is 8. The van der Waals surface area contributed by atoms with Crippen molar-refractivity contribution in [2.24, 2.45) is 0 Å². The van der Waals surface area contributed by atoms with Crippen LogP contribution < -0.4 is 5.32 Å². The summed E-state index contributed by atoms with van der Waals surface area (Å²) in [6.45, 7) is 2.53. The predicted molar refractivity (Wildman–Crippen MR) is 83.4 cm³/mol. The molecule has 0 aliphatic carbocycles. The largest absolute Gasteiger partial charge is 0.479 e. The molecule has 0 bridgehead atoms. The van der Waals surface area contributed by atoms with Gasteiger partial charge in [-0.3, -0.25) is 9.59 Å². The summed E-state index contributed by atoms with van der Waals surface area (Å²) >= 11 is 1.33. The Morgan fingerprint density at radius 1 is 1.04 bits per heavy atom. The van der Waals surface area contributed by atoms with E-state index in [9.17, 15) is 29.4 Å². The summed E-state index contributed by atoms with van der Waals surface area (Å²) in [6, 6.07) is 6.49. The predicted octanol–water partition coefficient (Wildman–Crippen LogP) is 0.954. The Kier molecular flexibility index (Phi) is 6.32. The maximum Gasteiger partial charge on any atom is 0.341 e. The summed E-state index contributed by atoms with van der Waals surface area (Å²) in [6.07, 6.45) is -0.394. The van der Waals surface area contributed by atoms with Gasteiger partial charge in [-0.1, -0.05) is 12.1 Å². The lowest BCUT2D eigenvalue weighted by Crippen LogP contribution is -2.61. The minimum absolute atomic E-state index is 0.0282. The van der Waals surface area contributed by atoms with Crippen LogP contribution in [0.1, 0.15) is 19.4 Å². The highest BCUT2D eigenvalue weighted by Gasteiger charge is 2.47. The van der Waals surface area contributed by atoms with Crippen molar-refractivity contribution in [2.75, 3.05) is 5.75 Å². The number of nitrogens with one attached hydrogen (secondary N) is 1. The Balaban J connectivity index is 3.00. The van der Waals surface area contributed by atoms with Gasteiger partial charge in [-0.25, -0.2) is 9.59 Å². The first-order valence-corrected chi connectivity index (χ1v) is 7.62. The molecule has 7 nitrogen and oxygen atoms in total. The van der Waals surface area contributed by atoms with Crippen molar-refractivity contribution in [2.45, 2.75) is 30.7 Å². The fourth-order valence-electron chi connectivity index (χ4n) is 1.89. The second-order valence-electron chi connectivity index (χ2n) is 5.01. The first kappa shape index (κ1) is 18.7. The van der Waals surface area contributed by atoms with E-state index in [4.69, 9.17) is 0 Å². The third-order valence-corrected chi connectivity index (χ3v) is 4.11. The molecular weight excluding hydrogens is 322 g/mol. The zero-order chi connectivity index (χ0) is 17.6. The van der Waals surface area contributed by atoms with E-state index in [0.29, 0.717) is 11.3 Å². The molecule has 23 heavy (non-hydrogen) atoms. The van der Waals surface area contributed by atoms with E-state index in [1.54, 1.807) is 24.3 Å². The molecule has 0 radical (unpaired) electrons. The van der Waals surface area contributed by atoms with Gasteiger partial charge in [0.25, 0.3) is 0 Å². The van der Waals surface area contributed by atoms with Crippen molar-refractivity contribution in [3.63, 3.8) is 0 Å². The summed E-state index contributed by atoms with van der Waals surface area (Å²) in [5, 5.41) is 20.5. The van der Waals surface area contributed by atoms with Gasteiger partial charge in [0, 0.05) is 18.2 Å². The summed E-state index contributed by atoms with van der Waals surface area (Å²) < 4.78 is 0. The lowest BCUT2D eigenvalue weighted by Gasteiger charge is -2.25. The number of hydrogen-bond acceptors (Lipinski definition) is 5. The van der Waals surface area contributed by atoms with Crippen LogP contribution in [0, 0.1) is 0 Å². The molecule has 1 amide bonds. The lowest BCUT2D eigenvalue weighted by molar-refractivity contribution is -0.161. The molecule has 0 fully saturated rings. The fourth-order valence-corrected chi connectivity index (χ4v) is 2.59. The van der Waals surface area contributed by atoms with Crippen LogP contribution in [0.4, 0.5) is 0 Å². The van der Waals surface area contributed by atoms with Crippen LogP contribution >= 0.6 is 11.8 Å². The zero-order valence-electron chi connectivity index (χ0n) is 12.7. The number of carbonyl (C=O) groups excluding carboxylic acids is 2. The summed E-state index contributed by atoms with van der Waals surface area (Å²) in [5.41, 5.74) is -1.98. The first-order chi connectivity index (χ1) is 10.7. The van der Waals surface area contributed by atoms with Crippen molar-refractivity contribution in [1.82, 2.24) is 5.32 Å². The van der Waals surface area contributed by atoms with Crippen LogP contribution in [-0.2, 0) is 25.6 Å². The molecule has 1 rings (SSSR count). The average molecular weight is 339 g/mol. The van der Waals surface area contributed by atoms with Crippen molar-refractivity contribution in [3.05, 3.63) is 29.8 Å². The van der Waals surface area contributed by atoms with E-state index in [1.807, 2.05) is 5.32 Å². The lowest BCUT2D eigenvalue weighted by atomic mass is 9.90. The smallest absolute Gasteiger partial charge is 0.341 e. The number of carbonyl (C=O) groups is 4. The normalized spacial score (nSPS) is 10.9. The monoisotopic (exact) mass is 339 g/mol. The van der Waals surface area contributed by atoms with Crippen molar-refractivity contribution < 1.29 is 29.4 Å². The molecule has 0 aliphatic rings. The van der Waals surface area contributed by atoms with Crippen molar-refractivity contribution >= 4 is 35.4 Å². The zero-order valence-corrected chi connectivity index (χ0v) is 13.5. The minimum Gasteiger partial charge on any atom is -0.479 e. The highest BCUT2D eigenvalue weighted by Crippen LogP contribution is 2.21. The van der Waals surface area contributed by atoms with Crippen LogP contribution in [0.2, 0.25) is 0 Å². The van der Waals surface area contributed by atoms with Gasteiger partial charge in [0.2, 0.25) is 11.4 Å². The van der Waals surface area contributed by atoms with Crippen LogP contribution in [0.25, 0.3) is 0 Å². The number of hydrogen-bond donors (Lipinski definition) is 3. The number of ketones is 1. The molecule has 0 aliphatic heterocycles. The Hall–Kier alpha value is -2.35. The topological polar surface area (TPSA) is 121 Å². The molecule has 0 saturated heterocycles. The molecule has 0 unspecified atom stereocenters. The van der Waals surface area contributed by atoms with Crippen LogP contribution in [0.3, 0.4) is 0 Å². The van der Waals surface area contributed by atoms with E-state index >= 15 is 0 Å². The molecule has 1 aromatic carbocycles. The standard InChI is InChI=1S/C15H17NO6S/c1-9(17)8-23-12-5-3-11(4-6-12)7-15(13(19)20,14(21)22)16-10(2)18/h3-6H,7-8H2,1-2H3,(H,16,18)(H,19,20)(H,21,22). The van der Waals surface area contributed by atoms with Gasteiger partial charge in [0.05, 0.1) is 5.75 Å². The molecule has 0 saturated carbocycles. The number of benzene rings is 1.